The third kappa shape index (κ3) is 4.32. The summed E-state index contributed by atoms with van der Waals surface area (Å²) in [5.41, 5.74) is 2.73. The topological polar surface area (TPSA) is 102 Å². The molecule has 1 aromatic heterocycles. The van der Waals surface area contributed by atoms with Crippen LogP contribution in [-0.2, 0) is 4.79 Å². The fraction of sp³-hybridized carbons (Fsp3) is 0.211. The molecular weight excluding hydrogens is 360 g/mol. The summed E-state index contributed by atoms with van der Waals surface area (Å²) in [6.45, 7) is 1.79. The third-order valence-corrected chi connectivity index (χ3v) is 4.14. The molecule has 1 heterocycles. The van der Waals surface area contributed by atoms with Gasteiger partial charge in [0.1, 0.15) is 12.1 Å². The maximum absolute atomic E-state index is 12.6. The highest BCUT2D eigenvalue weighted by atomic mass is 16.5. The fourth-order valence-corrected chi connectivity index (χ4v) is 2.70. The summed E-state index contributed by atoms with van der Waals surface area (Å²) < 4.78 is 6.61. The van der Waals surface area contributed by atoms with E-state index >= 15 is 0 Å². The van der Waals surface area contributed by atoms with Crippen molar-refractivity contribution in [3.05, 3.63) is 59.9 Å². The Morgan fingerprint density at radius 2 is 1.93 bits per heavy atom. The Hall–Kier alpha value is -3.75. The minimum atomic E-state index is -0.289. The highest BCUT2D eigenvalue weighted by Crippen LogP contribution is 2.17. The Labute approximate surface area is 161 Å². The second kappa shape index (κ2) is 8.30. The quantitative estimate of drug-likeness (QED) is 0.698. The number of hydrogen-bond acceptors (Lipinski definition) is 6. The number of methoxy groups -OCH3 is 1. The number of benzene rings is 2. The first kappa shape index (κ1) is 19.0. The number of hydrogen-bond donors (Lipinski definition) is 1. The third-order valence-electron chi connectivity index (χ3n) is 4.14. The smallest absolute Gasteiger partial charge is 0.254 e. The number of anilines is 1. The van der Waals surface area contributed by atoms with Crippen LogP contribution < -0.4 is 10.1 Å². The lowest BCUT2D eigenvalue weighted by Crippen LogP contribution is -2.35. The van der Waals surface area contributed by atoms with E-state index in [4.69, 9.17) is 4.74 Å². The lowest BCUT2D eigenvalue weighted by molar-refractivity contribution is -0.116. The molecule has 0 bridgehead atoms. The Balaban J connectivity index is 1.63. The van der Waals surface area contributed by atoms with E-state index in [1.165, 1.54) is 15.9 Å². The number of amides is 2. The number of aromatic nitrogens is 4. The molecule has 0 unspecified atom stereocenters. The fourth-order valence-electron chi connectivity index (χ4n) is 2.70. The van der Waals surface area contributed by atoms with Gasteiger partial charge in [-0.05, 0) is 65.4 Å². The van der Waals surface area contributed by atoms with Crippen molar-refractivity contribution in [2.45, 2.75) is 6.92 Å². The monoisotopic (exact) mass is 380 g/mol. The maximum atomic E-state index is 12.6. The molecule has 0 saturated carbocycles. The van der Waals surface area contributed by atoms with Crippen molar-refractivity contribution in [3.63, 3.8) is 0 Å². The Kier molecular flexibility index (Phi) is 5.64. The number of carbonyl (C=O) groups is 2. The number of carbonyl (C=O) groups excluding carboxylic acids is 2. The first-order valence-corrected chi connectivity index (χ1v) is 8.51. The van der Waals surface area contributed by atoms with E-state index in [-0.39, 0.29) is 18.4 Å². The van der Waals surface area contributed by atoms with Crippen molar-refractivity contribution in [2.24, 2.45) is 0 Å². The summed E-state index contributed by atoms with van der Waals surface area (Å²) in [6, 6.07) is 12.2. The molecule has 0 spiro atoms. The van der Waals surface area contributed by atoms with Gasteiger partial charge in [-0.2, -0.15) is 0 Å². The molecule has 2 amide bonds. The number of nitrogens with one attached hydrogen (secondary N) is 1. The maximum Gasteiger partial charge on any atom is 0.254 e. The van der Waals surface area contributed by atoms with Crippen LogP contribution in [0.3, 0.4) is 0 Å². The summed E-state index contributed by atoms with van der Waals surface area (Å²) >= 11 is 0. The van der Waals surface area contributed by atoms with Gasteiger partial charge in [0.15, 0.2) is 0 Å². The van der Waals surface area contributed by atoms with Crippen LogP contribution in [0, 0.1) is 6.92 Å². The Morgan fingerprint density at radius 1 is 1.18 bits per heavy atom. The lowest BCUT2D eigenvalue weighted by Gasteiger charge is -2.17. The summed E-state index contributed by atoms with van der Waals surface area (Å²) in [5.74, 6) is 0.157. The zero-order valence-electron chi connectivity index (χ0n) is 15.8. The average molecular weight is 380 g/mol. The number of tetrazole rings is 1. The predicted molar refractivity (Wildman–Crippen MR) is 102 cm³/mol. The van der Waals surface area contributed by atoms with Gasteiger partial charge >= 0.3 is 0 Å². The van der Waals surface area contributed by atoms with Crippen molar-refractivity contribution < 1.29 is 14.3 Å². The predicted octanol–water partition coefficient (Wildman–Crippen LogP) is 1.69. The van der Waals surface area contributed by atoms with Crippen LogP contribution in [0.5, 0.6) is 5.75 Å². The van der Waals surface area contributed by atoms with E-state index < -0.39 is 0 Å². The number of ether oxygens (including phenoxy) is 1. The van der Waals surface area contributed by atoms with E-state index in [9.17, 15) is 9.59 Å². The van der Waals surface area contributed by atoms with E-state index in [1.54, 1.807) is 56.6 Å². The molecule has 144 valence electrons. The zero-order chi connectivity index (χ0) is 20.1. The van der Waals surface area contributed by atoms with Crippen molar-refractivity contribution in [1.29, 1.82) is 0 Å². The summed E-state index contributed by atoms with van der Waals surface area (Å²) in [4.78, 5) is 26.2. The molecule has 0 fully saturated rings. The molecule has 0 aliphatic heterocycles. The summed E-state index contributed by atoms with van der Waals surface area (Å²) in [7, 11) is 3.16. The van der Waals surface area contributed by atoms with Crippen molar-refractivity contribution >= 4 is 17.5 Å². The van der Waals surface area contributed by atoms with Gasteiger partial charge in [-0.15, -0.1) is 5.10 Å². The molecule has 0 aliphatic rings. The minimum Gasteiger partial charge on any atom is -0.497 e. The lowest BCUT2D eigenvalue weighted by atomic mass is 10.1. The number of aryl methyl sites for hydroxylation is 1. The zero-order valence-corrected chi connectivity index (χ0v) is 15.8. The molecule has 9 nitrogen and oxygen atoms in total. The van der Waals surface area contributed by atoms with Crippen LogP contribution in [0.2, 0.25) is 0 Å². The SMILES string of the molecule is COc1ccc(NC(=O)CN(C)C(=O)c2ccc(-n3cnnn3)c(C)c2)cc1. The van der Waals surface area contributed by atoms with E-state index in [1.807, 2.05) is 6.92 Å². The molecule has 9 heteroatoms. The standard InChI is InChI=1S/C19H20N6O3/c1-13-10-14(4-9-17(13)25-12-20-22-23-25)19(27)24(2)11-18(26)21-15-5-7-16(28-3)8-6-15/h4-10,12H,11H2,1-3H3,(H,21,26). The summed E-state index contributed by atoms with van der Waals surface area (Å²) in [5, 5.41) is 13.8. The Bertz CT molecular complexity index is 970. The minimum absolute atomic E-state index is 0.0708. The van der Waals surface area contributed by atoms with Crippen LogP contribution in [-0.4, -0.2) is 57.6 Å². The van der Waals surface area contributed by atoms with Crippen LogP contribution in [0.1, 0.15) is 15.9 Å². The van der Waals surface area contributed by atoms with Gasteiger partial charge in [0, 0.05) is 18.3 Å². The van der Waals surface area contributed by atoms with Gasteiger partial charge in [-0.25, -0.2) is 4.68 Å². The highest BCUT2D eigenvalue weighted by molar-refractivity contribution is 5.99. The van der Waals surface area contributed by atoms with Crippen LogP contribution in [0.15, 0.2) is 48.8 Å². The molecule has 0 radical (unpaired) electrons. The van der Waals surface area contributed by atoms with Gasteiger partial charge in [-0.3, -0.25) is 9.59 Å². The summed E-state index contributed by atoms with van der Waals surface area (Å²) in [6.07, 6.45) is 1.49. The van der Waals surface area contributed by atoms with E-state index in [2.05, 4.69) is 20.8 Å². The molecule has 1 N–H and O–H groups in total. The molecule has 0 aliphatic carbocycles. The van der Waals surface area contributed by atoms with Crippen LogP contribution >= 0.6 is 0 Å². The first-order chi connectivity index (χ1) is 13.5. The van der Waals surface area contributed by atoms with E-state index in [0.29, 0.717) is 17.0 Å². The number of nitrogens with zero attached hydrogens (tertiary/aromatic N) is 5. The molecule has 28 heavy (non-hydrogen) atoms. The normalized spacial score (nSPS) is 10.4. The van der Waals surface area contributed by atoms with Gasteiger partial charge in [0.25, 0.3) is 5.91 Å². The number of rotatable bonds is 6. The molecular formula is C19H20N6O3. The van der Waals surface area contributed by atoms with Crippen molar-refractivity contribution in [1.82, 2.24) is 25.1 Å². The van der Waals surface area contributed by atoms with Gasteiger partial charge in [-0.1, -0.05) is 0 Å². The molecule has 3 aromatic rings. The molecule has 3 rings (SSSR count). The second-order valence-electron chi connectivity index (χ2n) is 6.19. The van der Waals surface area contributed by atoms with Gasteiger partial charge < -0.3 is 15.0 Å². The molecule has 0 saturated heterocycles. The second-order valence-corrected chi connectivity index (χ2v) is 6.19. The van der Waals surface area contributed by atoms with E-state index in [0.717, 1.165) is 11.3 Å². The van der Waals surface area contributed by atoms with Crippen LogP contribution in [0.4, 0.5) is 5.69 Å². The highest BCUT2D eigenvalue weighted by Gasteiger charge is 2.16. The average Bonchev–Trinajstić information content (AvgIpc) is 3.22. The van der Waals surface area contributed by atoms with Crippen molar-refractivity contribution in [2.75, 3.05) is 26.0 Å². The molecule has 0 atom stereocenters. The first-order valence-electron chi connectivity index (χ1n) is 8.51. The molecule has 2 aromatic carbocycles. The van der Waals surface area contributed by atoms with Crippen LogP contribution in [0.25, 0.3) is 5.69 Å². The number of likely N-dealkylation sites (N-methyl/N-ethyl adjacent to an activating group) is 1. The van der Waals surface area contributed by atoms with Gasteiger partial charge in [0.05, 0.1) is 19.3 Å². The van der Waals surface area contributed by atoms with Crippen molar-refractivity contribution in [3.8, 4) is 11.4 Å². The Morgan fingerprint density at radius 3 is 2.54 bits per heavy atom. The van der Waals surface area contributed by atoms with Gasteiger partial charge in [0.2, 0.25) is 5.91 Å². The largest absolute Gasteiger partial charge is 0.497 e.